The molecule has 86 valence electrons. The highest BCUT2D eigenvalue weighted by Gasteiger charge is 2.17. The summed E-state index contributed by atoms with van der Waals surface area (Å²) in [6.07, 6.45) is 2.32. The van der Waals surface area contributed by atoms with E-state index in [0.29, 0.717) is 6.04 Å². The minimum atomic E-state index is 0.0671. The van der Waals surface area contributed by atoms with Crippen molar-refractivity contribution in [3.63, 3.8) is 0 Å². The summed E-state index contributed by atoms with van der Waals surface area (Å²) in [5, 5.41) is 3.11. The van der Waals surface area contributed by atoms with Crippen molar-refractivity contribution in [3.8, 4) is 0 Å². The zero-order valence-electron chi connectivity index (χ0n) is 8.91. The van der Waals surface area contributed by atoms with E-state index in [1.54, 1.807) is 0 Å². The monoisotopic (exact) mass is 347 g/mol. The van der Waals surface area contributed by atoms with Crippen LogP contribution in [0.4, 0.5) is 0 Å². The summed E-state index contributed by atoms with van der Waals surface area (Å²) < 4.78 is 1.01. The Morgan fingerprint density at radius 3 is 2.94 bits per heavy atom. The van der Waals surface area contributed by atoms with Crippen molar-refractivity contribution in [2.75, 3.05) is 11.5 Å². The van der Waals surface area contributed by atoms with Crippen LogP contribution < -0.4 is 5.32 Å². The number of thioether (sulfide) groups is 1. The van der Waals surface area contributed by atoms with Crippen molar-refractivity contribution in [2.24, 2.45) is 0 Å². The fraction of sp³-hybridized carbons (Fsp3) is 0.417. The third kappa shape index (κ3) is 3.13. The highest BCUT2D eigenvalue weighted by Crippen LogP contribution is 2.18. The molecular weight excluding hydrogens is 333 g/mol. The van der Waals surface area contributed by atoms with Gasteiger partial charge in [-0.3, -0.25) is 4.79 Å². The molecule has 1 aliphatic heterocycles. The van der Waals surface area contributed by atoms with E-state index < -0.39 is 0 Å². The number of benzene rings is 1. The number of amides is 1. The van der Waals surface area contributed by atoms with Crippen LogP contribution in [-0.2, 0) is 0 Å². The number of halogens is 1. The Morgan fingerprint density at radius 1 is 1.44 bits per heavy atom. The average Bonchev–Trinajstić information content (AvgIpc) is 2.31. The molecule has 0 bridgehead atoms. The van der Waals surface area contributed by atoms with Crippen LogP contribution in [-0.4, -0.2) is 23.5 Å². The maximum absolute atomic E-state index is 12.0. The van der Waals surface area contributed by atoms with Gasteiger partial charge in [0, 0.05) is 15.4 Å². The van der Waals surface area contributed by atoms with E-state index >= 15 is 0 Å². The Hall–Kier alpha value is -0.230. The second-order valence-electron chi connectivity index (χ2n) is 3.87. The van der Waals surface area contributed by atoms with Gasteiger partial charge in [-0.25, -0.2) is 0 Å². The lowest BCUT2D eigenvalue weighted by atomic mass is 10.1. The Kier molecular flexibility index (Phi) is 4.52. The molecule has 1 heterocycles. The lowest BCUT2D eigenvalue weighted by Gasteiger charge is -2.22. The first-order valence-corrected chi connectivity index (χ1v) is 7.64. The SMILES string of the molecule is O=C(NC1CCCSC1)c1ccccc1I. The number of carbonyl (C=O) groups is 1. The van der Waals surface area contributed by atoms with Crippen molar-refractivity contribution in [2.45, 2.75) is 18.9 Å². The Balaban J connectivity index is 2.00. The van der Waals surface area contributed by atoms with E-state index in [1.807, 2.05) is 36.0 Å². The summed E-state index contributed by atoms with van der Waals surface area (Å²) in [5.74, 6) is 2.35. The first-order valence-electron chi connectivity index (χ1n) is 5.40. The first kappa shape index (κ1) is 12.2. The van der Waals surface area contributed by atoms with Gasteiger partial charge >= 0.3 is 0 Å². The second-order valence-corrected chi connectivity index (χ2v) is 6.18. The third-order valence-electron chi connectivity index (χ3n) is 2.61. The van der Waals surface area contributed by atoms with Crippen LogP contribution in [0.15, 0.2) is 24.3 Å². The molecule has 1 saturated heterocycles. The van der Waals surface area contributed by atoms with Crippen molar-refractivity contribution < 1.29 is 4.79 Å². The fourth-order valence-electron chi connectivity index (χ4n) is 1.76. The van der Waals surface area contributed by atoms with Crippen molar-refractivity contribution in [1.82, 2.24) is 5.32 Å². The Bertz CT molecular complexity index is 377. The van der Waals surface area contributed by atoms with Gasteiger partial charge in [0.25, 0.3) is 5.91 Å². The predicted octanol–water partition coefficient (Wildman–Crippen LogP) is 2.92. The molecule has 2 nitrogen and oxygen atoms in total. The predicted molar refractivity (Wildman–Crippen MR) is 77.0 cm³/mol. The molecule has 1 atom stereocenters. The van der Waals surface area contributed by atoms with Crippen molar-refractivity contribution in [3.05, 3.63) is 33.4 Å². The summed E-state index contributed by atoms with van der Waals surface area (Å²) in [7, 11) is 0. The molecule has 1 amide bonds. The van der Waals surface area contributed by atoms with Crippen LogP contribution in [0.3, 0.4) is 0 Å². The maximum atomic E-state index is 12.0. The topological polar surface area (TPSA) is 29.1 Å². The molecule has 0 aliphatic carbocycles. The number of hydrogen-bond acceptors (Lipinski definition) is 2. The highest BCUT2D eigenvalue weighted by molar-refractivity contribution is 14.1. The largest absolute Gasteiger partial charge is 0.348 e. The van der Waals surface area contributed by atoms with E-state index in [0.717, 1.165) is 21.3 Å². The molecule has 4 heteroatoms. The van der Waals surface area contributed by atoms with E-state index in [4.69, 9.17) is 0 Å². The van der Waals surface area contributed by atoms with E-state index in [-0.39, 0.29) is 5.91 Å². The Labute approximate surface area is 114 Å². The van der Waals surface area contributed by atoms with Gasteiger partial charge < -0.3 is 5.32 Å². The molecule has 0 spiro atoms. The second kappa shape index (κ2) is 5.91. The quantitative estimate of drug-likeness (QED) is 0.834. The molecule has 0 radical (unpaired) electrons. The molecule has 1 fully saturated rings. The van der Waals surface area contributed by atoms with Gasteiger partial charge in [0.15, 0.2) is 0 Å². The normalized spacial score (nSPS) is 20.4. The van der Waals surface area contributed by atoms with Gasteiger partial charge in [0.1, 0.15) is 0 Å². The summed E-state index contributed by atoms with van der Waals surface area (Å²) in [5.41, 5.74) is 0.790. The van der Waals surface area contributed by atoms with Crippen LogP contribution in [0.2, 0.25) is 0 Å². The van der Waals surface area contributed by atoms with Crippen LogP contribution in [0.25, 0.3) is 0 Å². The van der Waals surface area contributed by atoms with Crippen molar-refractivity contribution >= 4 is 40.3 Å². The van der Waals surface area contributed by atoms with E-state index in [9.17, 15) is 4.79 Å². The number of hydrogen-bond donors (Lipinski definition) is 1. The molecule has 0 saturated carbocycles. The smallest absolute Gasteiger partial charge is 0.252 e. The molecule has 0 aromatic heterocycles. The summed E-state index contributed by atoms with van der Waals surface area (Å²) in [6, 6.07) is 8.06. The lowest BCUT2D eigenvalue weighted by Crippen LogP contribution is -2.38. The van der Waals surface area contributed by atoms with Gasteiger partial charge in [-0.1, -0.05) is 12.1 Å². The molecule has 1 aliphatic rings. The van der Waals surface area contributed by atoms with Gasteiger partial charge in [-0.05, 0) is 53.3 Å². The molecule has 1 unspecified atom stereocenters. The first-order chi connectivity index (χ1) is 7.77. The van der Waals surface area contributed by atoms with E-state index in [2.05, 4.69) is 27.9 Å². The van der Waals surface area contributed by atoms with Gasteiger partial charge in [0.2, 0.25) is 0 Å². The van der Waals surface area contributed by atoms with Crippen LogP contribution in [0, 0.1) is 3.57 Å². The summed E-state index contributed by atoms with van der Waals surface area (Å²) >= 11 is 4.13. The molecule has 1 N–H and O–H groups in total. The molecule has 16 heavy (non-hydrogen) atoms. The average molecular weight is 347 g/mol. The van der Waals surface area contributed by atoms with Crippen molar-refractivity contribution in [1.29, 1.82) is 0 Å². The molecule has 2 rings (SSSR count). The van der Waals surface area contributed by atoms with Gasteiger partial charge in [-0.15, -0.1) is 0 Å². The lowest BCUT2D eigenvalue weighted by molar-refractivity contribution is 0.0937. The minimum absolute atomic E-state index is 0.0671. The Morgan fingerprint density at radius 2 is 2.25 bits per heavy atom. The minimum Gasteiger partial charge on any atom is -0.348 e. The van der Waals surface area contributed by atoms with Crippen LogP contribution in [0.1, 0.15) is 23.2 Å². The summed E-state index contributed by atoms with van der Waals surface area (Å²) in [6.45, 7) is 0. The summed E-state index contributed by atoms with van der Waals surface area (Å²) in [4.78, 5) is 12.0. The molecule has 1 aromatic rings. The number of carbonyl (C=O) groups excluding carboxylic acids is 1. The fourth-order valence-corrected chi connectivity index (χ4v) is 3.47. The third-order valence-corrected chi connectivity index (χ3v) is 4.77. The zero-order valence-corrected chi connectivity index (χ0v) is 11.9. The standard InChI is InChI=1S/C12H14INOS/c13-11-6-2-1-5-10(11)12(15)14-9-4-3-7-16-8-9/h1-2,5-6,9H,3-4,7-8H2,(H,14,15). The van der Waals surface area contributed by atoms with E-state index in [1.165, 1.54) is 12.2 Å². The molecular formula is C12H14INOS. The van der Waals surface area contributed by atoms with Gasteiger partial charge in [-0.2, -0.15) is 11.8 Å². The highest BCUT2D eigenvalue weighted by atomic mass is 127. The van der Waals surface area contributed by atoms with Crippen LogP contribution in [0.5, 0.6) is 0 Å². The number of rotatable bonds is 2. The number of nitrogens with one attached hydrogen (secondary N) is 1. The maximum Gasteiger partial charge on any atom is 0.252 e. The van der Waals surface area contributed by atoms with Gasteiger partial charge in [0.05, 0.1) is 5.56 Å². The zero-order chi connectivity index (χ0) is 11.4. The molecule has 1 aromatic carbocycles. The van der Waals surface area contributed by atoms with Crippen LogP contribution >= 0.6 is 34.4 Å².